The van der Waals surface area contributed by atoms with E-state index in [1.54, 1.807) is 7.05 Å². The molecule has 25 heavy (non-hydrogen) atoms. The lowest BCUT2D eigenvalue weighted by atomic mass is 10.1. The van der Waals surface area contributed by atoms with E-state index in [0.29, 0.717) is 19.4 Å². The van der Waals surface area contributed by atoms with Crippen LogP contribution >= 0.6 is 0 Å². The summed E-state index contributed by atoms with van der Waals surface area (Å²) in [7, 11) is -1.74. The highest BCUT2D eigenvalue weighted by atomic mass is 32.2. The molecule has 0 aliphatic rings. The van der Waals surface area contributed by atoms with Gasteiger partial charge in [-0.3, -0.25) is 4.79 Å². The Morgan fingerprint density at radius 2 is 1.64 bits per heavy atom. The zero-order chi connectivity index (χ0) is 18.3. The molecule has 0 spiro atoms. The number of hydrogen-bond donors (Lipinski definition) is 0. The van der Waals surface area contributed by atoms with E-state index in [0.717, 1.165) is 16.7 Å². The number of benzene rings is 2. The van der Waals surface area contributed by atoms with Crippen molar-refractivity contribution in [2.75, 3.05) is 18.6 Å². The predicted octanol–water partition coefficient (Wildman–Crippen LogP) is 3.00. The lowest BCUT2D eigenvalue weighted by Crippen LogP contribution is -2.33. The number of sulfone groups is 1. The Labute approximate surface area is 150 Å². The van der Waals surface area contributed by atoms with Gasteiger partial charge in [-0.2, -0.15) is 0 Å². The van der Waals surface area contributed by atoms with Gasteiger partial charge in [-0.1, -0.05) is 54.6 Å². The fourth-order valence-corrected chi connectivity index (χ4v) is 3.97. The van der Waals surface area contributed by atoms with Gasteiger partial charge in [-0.25, -0.2) is 8.42 Å². The summed E-state index contributed by atoms with van der Waals surface area (Å²) in [4.78, 5) is 13.7. The van der Waals surface area contributed by atoms with Crippen LogP contribution in [-0.2, 0) is 27.6 Å². The van der Waals surface area contributed by atoms with Crippen LogP contribution in [0.3, 0.4) is 0 Å². The number of aryl methyl sites for hydroxylation is 2. The highest BCUT2D eigenvalue weighted by molar-refractivity contribution is 7.92. The van der Waals surface area contributed by atoms with Gasteiger partial charge in [0, 0.05) is 13.6 Å². The summed E-state index contributed by atoms with van der Waals surface area (Å²) in [5.74, 6) is -0.751. The molecule has 5 heteroatoms. The molecule has 0 unspecified atom stereocenters. The van der Waals surface area contributed by atoms with Crippen molar-refractivity contribution in [1.29, 1.82) is 0 Å². The minimum atomic E-state index is -3.39. The number of carbonyl (C=O) groups is 1. The third-order valence-electron chi connectivity index (χ3n) is 4.20. The smallest absolute Gasteiger partial charge is 0.237 e. The maximum absolute atomic E-state index is 12.3. The lowest BCUT2D eigenvalue weighted by Gasteiger charge is -2.18. The van der Waals surface area contributed by atoms with Crippen molar-refractivity contribution in [2.24, 2.45) is 0 Å². The first-order valence-corrected chi connectivity index (χ1v) is 10.2. The maximum Gasteiger partial charge on any atom is 0.237 e. The van der Waals surface area contributed by atoms with Crippen molar-refractivity contribution in [3.8, 4) is 0 Å². The Balaban J connectivity index is 1.84. The molecule has 2 aromatic carbocycles. The van der Waals surface area contributed by atoms with Crippen LogP contribution in [-0.4, -0.2) is 37.8 Å². The molecule has 0 radical (unpaired) electrons. The van der Waals surface area contributed by atoms with Crippen LogP contribution < -0.4 is 0 Å². The van der Waals surface area contributed by atoms with E-state index in [2.05, 4.69) is 0 Å². The van der Waals surface area contributed by atoms with Gasteiger partial charge in [0.25, 0.3) is 0 Å². The van der Waals surface area contributed by atoms with Gasteiger partial charge < -0.3 is 4.90 Å². The second-order valence-electron chi connectivity index (χ2n) is 6.36. The number of amides is 1. The Kier molecular flexibility index (Phi) is 6.76. The van der Waals surface area contributed by atoms with Gasteiger partial charge >= 0.3 is 0 Å². The predicted molar refractivity (Wildman–Crippen MR) is 101 cm³/mol. The summed E-state index contributed by atoms with van der Waals surface area (Å²) >= 11 is 0. The van der Waals surface area contributed by atoms with Crippen molar-refractivity contribution >= 4 is 15.7 Å². The van der Waals surface area contributed by atoms with Crippen molar-refractivity contribution in [3.05, 3.63) is 71.3 Å². The fourth-order valence-electron chi connectivity index (χ4n) is 2.64. The maximum atomic E-state index is 12.3. The molecule has 0 N–H and O–H groups in total. The summed E-state index contributed by atoms with van der Waals surface area (Å²) in [6, 6.07) is 17.6. The molecule has 1 amide bonds. The second-order valence-corrected chi connectivity index (χ2v) is 8.54. The largest absolute Gasteiger partial charge is 0.341 e. The summed E-state index contributed by atoms with van der Waals surface area (Å²) in [6.07, 6.45) is 1.23. The zero-order valence-electron chi connectivity index (χ0n) is 14.8. The minimum Gasteiger partial charge on any atom is -0.341 e. The summed E-state index contributed by atoms with van der Waals surface area (Å²) in [5, 5.41) is 0. The van der Waals surface area contributed by atoms with Crippen LogP contribution in [0.2, 0.25) is 0 Å². The molecular formula is C20H25NO3S. The van der Waals surface area contributed by atoms with E-state index in [1.807, 2.05) is 61.5 Å². The van der Waals surface area contributed by atoms with Crippen LogP contribution in [0.5, 0.6) is 0 Å². The molecule has 0 bridgehead atoms. The molecule has 0 saturated heterocycles. The number of hydrogen-bond acceptors (Lipinski definition) is 3. The topological polar surface area (TPSA) is 54.5 Å². The molecule has 2 rings (SSSR count). The molecule has 0 fully saturated rings. The number of rotatable bonds is 8. The zero-order valence-corrected chi connectivity index (χ0v) is 15.6. The van der Waals surface area contributed by atoms with Crippen LogP contribution in [0.15, 0.2) is 54.6 Å². The van der Waals surface area contributed by atoms with Crippen molar-refractivity contribution in [3.63, 3.8) is 0 Å². The first-order valence-electron chi connectivity index (χ1n) is 8.40. The van der Waals surface area contributed by atoms with E-state index < -0.39 is 15.6 Å². The van der Waals surface area contributed by atoms with E-state index in [4.69, 9.17) is 0 Å². The molecule has 0 aromatic heterocycles. The number of nitrogens with zero attached hydrogens (tertiary/aromatic N) is 1. The fraction of sp³-hybridized carbons (Fsp3) is 0.350. The Morgan fingerprint density at radius 1 is 1.00 bits per heavy atom. The normalized spacial score (nSPS) is 11.3. The van der Waals surface area contributed by atoms with Gasteiger partial charge in [-0.05, 0) is 36.5 Å². The van der Waals surface area contributed by atoms with Crippen molar-refractivity contribution < 1.29 is 13.2 Å². The van der Waals surface area contributed by atoms with E-state index in [1.165, 1.54) is 4.90 Å². The number of carbonyl (C=O) groups excluding carboxylic acids is 1. The van der Waals surface area contributed by atoms with Gasteiger partial charge in [0.2, 0.25) is 5.91 Å². The highest BCUT2D eigenvalue weighted by Gasteiger charge is 2.20. The molecule has 0 saturated carbocycles. The van der Waals surface area contributed by atoms with Gasteiger partial charge in [0.1, 0.15) is 5.75 Å². The molecule has 0 aliphatic heterocycles. The van der Waals surface area contributed by atoms with E-state index in [-0.39, 0.29) is 11.7 Å². The van der Waals surface area contributed by atoms with Gasteiger partial charge in [0.05, 0.1) is 5.75 Å². The standard InChI is InChI=1S/C20H25NO3S/c1-17-9-6-7-13-19(17)15-21(2)20(22)16-25(23,24)14-8-12-18-10-4-3-5-11-18/h3-7,9-11,13H,8,12,14-16H2,1-2H3. The summed E-state index contributed by atoms with van der Waals surface area (Å²) < 4.78 is 24.4. The van der Waals surface area contributed by atoms with Crippen LogP contribution in [0, 0.1) is 6.92 Å². The third-order valence-corrected chi connectivity index (χ3v) is 5.80. The Hall–Kier alpha value is -2.14. The molecule has 2 aromatic rings. The molecule has 0 heterocycles. The molecule has 134 valence electrons. The molecular weight excluding hydrogens is 334 g/mol. The lowest BCUT2D eigenvalue weighted by molar-refractivity contribution is -0.127. The van der Waals surface area contributed by atoms with Crippen LogP contribution in [0.25, 0.3) is 0 Å². The molecule has 0 atom stereocenters. The van der Waals surface area contributed by atoms with E-state index >= 15 is 0 Å². The summed E-state index contributed by atoms with van der Waals surface area (Å²) in [5.41, 5.74) is 3.23. The third kappa shape index (κ3) is 6.35. The van der Waals surface area contributed by atoms with Gasteiger partial charge in [-0.15, -0.1) is 0 Å². The highest BCUT2D eigenvalue weighted by Crippen LogP contribution is 2.10. The van der Waals surface area contributed by atoms with E-state index in [9.17, 15) is 13.2 Å². The Morgan fingerprint density at radius 3 is 2.32 bits per heavy atom. The monoisotopic (exact) mass is 359 g/mol. The van der Waals surface area contributed by atoms with Crippen LogP contribution in [0.1, 0.15) is 23.1 Å². The quantitative estimate of drug-likeness (QED) is 0.728. The SMILES string of the molecule is Cc1ccccc1CN(C)C(=O)CS(=O)(=O)CCCc1ccccc1. The second kappa shape index (κ2) is 8.81. The molecule has 0 aliphatic carbocycles. The Bertz CT molecular complexity index is 801. The van der Waals surface area contributed by atoms with Crippen molar-refractivity contribution in [2.45, 2.75) is 26.3 Å². The average Bonchev–Trinajstić information content (AvgIpc) is 2.57. The average molecular weight is 359 g/mol. The minimum absolute atomic E-state index is 0.0336. The first kappa shape index (κ1) is 19.2. The van der Waals surface area contributed by atoms with Crippen LogP contribution in [0.4, 0.5) is 0 Å². The molecule has 4 nitrogen and oxygen atoms in total. The van der Waals surface area contributed by atoms with Crippen molar-refractivity contribution in [1.82, 2.24) is 4.90 Å². The summed E-state index contributed by atoms with van der Waals surface area (Å²) in [6.45, 7) is 2.40. The first-order chi connectivity index (χ1) is 11.9. The van der Waals surface area contributed by atoms with Gasteiger partial charge in [0.15, 0.2) is 9.84 Å².